The third-order valence-electron chi connectivity index (χ3n) is 13.4. The molecule has 3 rings (SSSR count). The van der Waals surface area contributed by atoms with Crippen LogP contribution in [0.5, 0.6) is 0 Å². The van der Waals surface area contributed by atoms with Crippen LogP contribution < -0.4 is 0 Å². The van der Waals surface area contributed by atoms with Gasteiger partial charge in [-0.15, -0.1) is 0 Å². The second kappa shape index (κ2) is 21.7. The van der Waals surface area contributed by atoms with Crippen LogP contribution in [0.4, 0.5) is 0 Å². The molecule has 18 atom stereocenters. The third kappa shape index (κ3) is 12.8. The average molecular weight is 847 g/mol. The summed E-state index contributed by atoms with van der Waals surface area (Å²) >= 11 is 0. The second-order valence-corrected chi connectivity index (χ2v) is 19.1. The first-order valence-electron chi connectivity index (χ1n) is 22.1. The number of carbonyl (C=O) groups excluding carboxylic acids is 2. The highest BCUT2D eigenvalue weighted by Gasteiger charge is 2.53. The van der Waals surface area contributed by atoms with Crippen molar-refractivity contribution in [3.05, 3.63) is 0 Å². The Kier molecular flexibility index (Phi) is 19.1. The number of rotatable bonds is 12. The maximum absolute atomic E-state index is 14.4. The number of ether oxygens (including phenoxy) is 7. The van der Waals surface area contributed by atoms with Crippen molar-refractivity contribution in [1.29, 1.82) is 0 Å². The van der Waals surface area contributed by atoms with Gasteiger partial charge in [-0.3, -0.25) is 9.59 Å². The largest absolute Gasteiger partial charge is 0.459 e. The molecule has 59 heavy (non-hydrogen) atoms. The van der Waals surface area contributed by atoms with Gasteiger partial charge in [0.2, 0.25) is 0 Å². The van der Waals surface area contributed by atoms with E-state index in [0.717, 1.165) is 12.8 Å². The molecule has 3 aliphatic rings. The summed E-state index contributed by atoms with van der Waals surface area (Å²) in [6.07, 6.45) is -5.48. The van der Waals surface area contributed by atoms with E-state index in [1.54, 1.807) is 41.5 Å². The first-order valence-corrected chi connectivity index (χ1v) is 22.1. The molecule has 0 saturated carbocycles. The Balaban J connectivity index is 2.22. The van der Waals surface area contributed by atoms with Crippen molar-refractivity contribution in [2.24, 2.45) is 17.8 Å². The maximum Gasteiger partial charge on any atom is 0.311 e. The Bertz CT molecular complexity index is 1320. The number of esters is 2. The lowest BCUT2D eigenvalue weighted by Crippen LogP contribution is -2.61. The molecule has 3 heterocycles. The van der Waals surface area contributed by atoms with Gasteiger partial charge in [0.05, 0.1) is 47.6 Å². The summed E-state index contributed by atoms with van der Waals surface area (Å²) in [7, 11) is 7.20. The molecule has 0 unspecified atom stereocenters. The van der Waals surface area contributed by atoms with Crippen LogP contribution in [0.15, 0.2) is 0 Å². The molecule has 3 saturated heterocycles. The van der Waals surface area contributed by atoms with Crippen molar-refractivity contribution in [3.63, 3.8) is 0 Å². The Morgan fingerprint density at radius 3 is 2.15 bits per heavy atom. The zero-order valence-corrected chi connectivity index (χ0v) is 38.9. The Hall–Kier alpha value is -1.50. The number of methoxy groups -OCH3 is 1. The normalized spacial score (nSPS) is 45.0. The van der Waals surface area contributed by atoms with Crippen molar-refractivity contribution >= 4 is 11.9 Å². The van der Waals surface area contributed by atoms with Gasteiger partial charge in [0.1, 0.15) is 23.9 Å². The van der Waals surface area contributed by atoms with E-state index in [2.05, 4.69) is 6.92 Å². The lowest BCUT2D eigenvalue weighted by molar-refractivity contribution is -0.319. The summed E-state index contributed by atoms with van der Waals surface area (Å²) in [6, 6.07) is -0.824. The molecule has 15 nitrogen and oxygen atoms in total. The fourth-order valence-corrected chi connectivity index (χ4v) is 9.58. The van der Waals surface area contributed by atoms with Crippen molar-refractivity contribution in [2.75, 3.05) is 34.8 Å². The Morgan fingerprint density at radius 2 is 1.58 bits per heavy atom. The average Bonchev–Trinajstić information content (AvgIpc) is 3.15. The van der Waals surface area contributed by atoms with Crippen LogP contribution in [0.1, 0.15) is 128 Å². The van der Waals surface area contributed by atoms with Crippen molar-refractivity contribution in [2.45, 2.75) is 218 Å². The predicted molar refractivity (Wildman–Crippen MR) is 222 cm³/mol. The van der Waals surface area contributed by atoms with E-state index in [4.69, 9.17) is 33.2 Å². The molecule has 0 spiro atoms. The van der Waals surface area contributed by atoms with Gasteiger partial charge in [-0.05, 0) is 101 Å². The minimum absolute atomic E-state index is 0.117. The van der Waals surface area contributed by atoms with Crippen LogP contribution in [0, 0.1) is 17.8 Å². The van der Waals surface area contributed by atoms with Gasteiger partial charge in [0.15, 0.2) is 18.7 Å². The van der Waals surface area contributed by atoms with E-state index in [1.165, 1.54) is 14.0 Å². The number of hydrogen-bond acceptors (Lipinski definition) is 15. The lowest BCUT2D eigenvalue weighted by Gasteiger charge is -2.49. The van der Waals surface area contributed by atoms with Crippen LogP contribution in [-0.4, -0.2) is 167 Å². The molecule has 0 aromatic heterocycles. The molecule has 15 heteroatoms. The van der Waals surface area contributed by atoms with Crippen LogP contribution in [0.2, 0.25) is 0 Å². The number of carbonyl (C=O) groups is 2. The van der Waals surface area contributed by atoms with Gasteiger partial charge >= 0.3 is 11.9 Å². The van der Waals surface area contributed by atoms with Crippen LogP contribution in [-0.2, 0) is 42.7 Å². The molecule has 3 aliphatic heterocycles. The van der Waals surface area contributed by atoms with Gasteiger partial charge < -0.3 is 63.4 Å². The van der Waals surface area contributed by atoms with E-state index in [-0.39, 0.29) is 49.7 Å². The van der Waals surface area contributed by atoms with Crippen molar-refractivity contribution in [1.82, 2.24) is 9.80 Å². The Morgan fingerprint density at radius 1 is 0.932 bits per heavy atom. The molecule has 0 bridgehead atoms. The van der Waals surface area contributed by atoms with E-state index >= 15 is 0 Å². The van der Waals surface area contributed by atoms with Crippen LogP contribution in [0.3, 0.4) is 0 Å². The topological polar surface area (TPSA) is 186 Å². The highest BCUT2D eigenvalue weighted by atomic mass is 16.7. The molecule has 346 valence electrons. The van der Waals surface area contributed by atoms with Gasteiger partial charge in [-0.1, -0.05) is 40.5 Å². The molecular weight excluding hydrogens is 764 g/mol. The monoisotopic (exact) mass is 847 g/mol. The Labute approximate surface area is 354 Å². The lowest BCUT2D eigenvalue weighted by atomic mass is 9.77. The predicted octanol–water partition coefficient (Wildman–Crippen LogP) is 4.03. The van der Waals surface area contributed by atoms with E-state index in [0.29, 0.717) is 19.4 Å². The molecule has 0 radical (unpaired) electrons. The van der Waals surface area contributed by atoms with Crippen LogP contribution >= 0.6 is 0 Å². The molecule has 3 fully saturated rings. The second-order valence-electron chi connectivity index (χ2n) is 19.1. The number of cyclic esters (lactones) is 1. The van der Waals surface area contributed by atoms with Gasteiger partial charge in [-0.25, -0.2) is 0 Å². The SMILES string of the molecule is CCCCCC(=O)O[C@H]1[C@H](O[C@@H]2[C@@H](C)[C@H](O[C@H]3C[C@@](C)(OC)[C@@H](O)[C@H](C)O3)[C@@H](C)C(=O)O[C@H](CC)[C@@](C)(O)[C@H](O)[C@@H](C)N(C)C[C@H](C)C[C@@]2(C)O)O[C@H](C)C[C@@H]1N(C)C. The minimum Gasteiger partial charge on any atom is -0.459 e. The zero-order valence-electron chi connectivity index (χ0n) is 38.9. The fraction of sp³-hybridized carbons (Fsp3) is 0.955. The highest BCUT2D eigenvalue weighted by molar-refractivity contribution is 5.73. The van der Waals surface area contributed by atoms with Gasteiger partial charge in [0.25, 0.3) is 0 Å². The quantitative estimate of drug-likeness (QED) is 0.163. The summed E-state index contributed by atoms with van der Waals surface area (Å²) in [5.74, 6) is -3.05. The molecule has 0 aromatic rings. The number of unbranched alkanes of at least 4 members (excludes halogenated alkanes) is 2. The number of likely N-dealkylation sites (N-methyl/N-ethyl adjacent to an activating group) is 2. The minimum atomic E-state index is -1.82. The van der Waals surface area contributed by atoms with Crippen molar-refractivity contribution < 1.29 is 63.2 Å². The van der Waals surface area contributed by atoms with E-state index < -0.39 is 96.0 Å². The molecular formula is C44H82N2O13. The third-order valence-corrected chi connectivity index (χ3v) is 13.4. The van der Waals surface area contributed by atoms with E-state index in [1.807, 2.05) is 51.7 Å². The number of nitrogens with zero attached hydrogens (tertiary/aromatic N) is 2. The van der Waals surface area contributed by atoms with Gasteiger partial charge in [-0.2, -0.15) is 0 Å². The first kappa shape index (κ1) is 51.8. The fourth-order valence-electron chi connectivity index (χ4n) is 9.58. The molecule has 4 N–H and O–H groups in total. The van der Waals surface area contributed by atoms with Crippen LogP contribution in [0.25, 0.3) is 0 Å². The van der Waals surface area contributed by atoms with Crippen molar-refractivity contribution in [3.8, 4) is 0 Å². The maximum atomic E-state index is 14.4. The molecule has 0 amide bonds. The molecule has 0 aliphatic carbocycles. The van der Waals surface area contributed by atoms with E-state index in [9.17, 15) is 30.0 Å². The first-order chi connectivity index (χ1) is 27.3. The summed E-state index contributed by atoms with van der Waals surface area (Å²) in [4.78, 5) is 31.7. The smallest absolute Gasteiger partial charge is 0.311 e. The van der Waals surface area contributed by atoms with Gasteiger partial charge in [0, 0.05) is 38.5 Å². The summed E-state index contributed by atoms with van der Waals surface area (Å²) in [6.45, 7) is 20.2. The summed E-state index contributed by atoms with van der Waals surface area (Å²) < 4.78 is 44.6. The number of aliphatic hydroxyl groups excluding tert-OH is 2. The number of hydrogen-bond donors (Lipinski definition) is 4. The standard InChI is InChI=1S/C44H82N2O13/c1-16-18-19-20-33(47)57-36-31(45(12)13)21-26(4)54-41(36)59-39-27(5)35(58-34-23-43(10,53-15)38(49)30(8)55-34)28(6)40(50)56-32(17-2)44(11,52)37(48)29(7)46(14)24-25(3)22-42(39,9)51/h25-32,34-39,41,48-49,51-52H,16-24H2,1-15H3/t25-,26-,27+,28-,29-,30+,31+,32-,34+,35+,36-,37-,38+,39-,41+,42-,43-,44-/m1/s1. The number of aliphatic hydroxyl groups is 4. The summed E-state index contributed by atoms with van der Waals surface area (Å²) in [5.41, 5.74) is -4.46. The molecule has 0 aromatic carbocycles. The summed E-state index contributed by atoms with van der Waals surface area (Å²) in [5, 5.41) is 47.2. The zero-order chi connectivity index (χ0) is 44.8. The highest BCUT2D eigenvalue weighted by Crippen LogP contribution is 2.40.